The fourth-order valence-electron chi connectivity index (χ4n) is 3.08. The first-order valence-corrected chi connectivity index (χ1v) is 9.82. The van der Waals surface area contributed by atoms with E-state index in [0.29, 0.717) is 26.3 Å². The second-order valence-electron chi connectivity index (χ2n) is 8.90. The Kier molecular flexibility index (Phi) is 5.79. The molecule has 2 aliphatic rings. The molecule has 2 aliphatic heterocycles. The third-order valence-electron chi connectivity index (χ3n) is 4.63. The summed E-state index contributed by atoms with van der Waals surface area (Å²) in [4.78, 5) is 14.0. The Hall–Kier alpha value is -0.500. The Morgan fingerprint density at radius 1 is 1.25 bits per heavy atom. The van der Waals surface area contributed by atoms with Gasteiger partial charge in [-0.15, -0.1) is 4.72 Å². The highest BCUT2D eigenvalue weighted by atomic mass is 32.2. The number of nitrogens with zero attached hydrogens (tertiary/aromatic N) is 1. The lowest BCUT2D eigenvalue weighted by molar-refractivity contribution is 0.00663. The van der Waals surface area contributed by atoms with Crippen molar-refractivity contribution in [3.05, 3.63) is 0 Å². The van der Waals surface area contributed by atoms with Crippen molar-refractivity contribution in [3.63, 3.8) is 0 Å². The highest BCUT2D eigenvalue weighted by Crippen LogP contribution is 2.40. The molecule has 0 aromatic heterocycles. The Bertz CT molecular complexity index is 450. The van der Waals surface area contributed by atoms with Crippen LogP contribution in [0.3, 0.4) is 0 Å². The normalized spacial score (nSPS) is 25.8. The molecule has 140 valence electrons. The number of carbonyl (C=O) groups is 1. The van der Waals surface area contributed by atoms with E-state index in [2.05, 4.69) is 4.72 Å². The van der Waals surface area contributed by atoms with Crippen LogP contribution in [0.1, 0.15) is 54.4 Å². The molecular formula is C17H32N2O4S. The van der Waals surface area contributed by atoms with E-state index in [4.69, 9.17) is 9.47 Å². The number of likely N-dealkylation sites (tertiary alicyclic amines) is 1. The molecular weight excluding hydrogens is 328 g/mol. The highest BCUT2D eigenvalue weighted by Gasteiger charge is 2.49. The number of amides is 1. The van der Waals surface area contributed by atoms with Gasteiger partial charge < -0.3 is 18.9 Å². The average Bonchev–Trinajstić information content (AvgIpc) is 2.79. The standard InChI is InChI=1S/C17H32N2O4S/c1-15(2,3)23-14(20)19-9-7-17(8-10-19)12-22-11-13(17)18-24(21)16(4,5)6/h13,18H,7-12H2,1-6H3/t13-,24-/m1/s1. The van der Waals surface area contributed by atoms with Gasteiger partial charge >= 0.3 is 6.09 Å². The van der Waals surface area contributed by atoms with E-state index in [-0.39, 0.29) is 22.3 Å². The van der Waals surface area contributed by atoms with Gasteiger partial charge in [-0.25, -0.2) is 4.79 Å². The van der Waals surface area contributed by atoms with Crippen LogP contribution in [0.25, 0.3) is 0 Å². The minimum absolute atomic E-state index is 0.0422. The quantitative estimate of drug-likeness (QED) is 0.766. The smallest absolute Gasteiger partial charge is 0.410 e. The minimum Gasteiger partial charge on any atom is -0.598 e. The zero-order valence-corrected chi connectivity index (χ0v) is 16.6. The maximum Gasteiger partial charge on any atom is 0.410 e. The number of ether oxygens (including phenoxy) is 2. The van der Waals surface area contributed by atoms with Gasteiger partial charge in [-0.05, 0) is 54.4 Å². The number of rotatable bonds is 2. The van der Waals surface area contributed by atoms with Crippen LogP contribution >= 0.6 is 0 Å². The topological polar surface area (TPSA) is 73.9 Å². The van der Waals surface area contributed by atoms with E-state index in [9.17, 15) is 9.35 Å². The second kappa shape index (κ2) is 7.02. The summed E-state index contributed by atoms with van der Waals surface area (Å²) in [6, 6.07) is 0.0679. The molecule has 1 amide bonds. The van der Waals surface area contributed by atoms with E-state index >= 15 is 0 Å². The molecule has 0 aliphatic carbocycles. The largest absolute Gasteiger partial charge is 0.598 e. The van der Waals surface area contributed by atoms with Crippen LogP contribution < -0.4 is 4.72 Å². The first-order chi connectivity index (χ1) is 10.9. The van der Waals surface area contributed by atoms with Gasteiger partial charge in [0.1, 0.15) is 10.3 Å². The summed E-state index contributed by atoms with van der Waals surface area (Å²) in [7, 11) is 0. The van der Waals surface area contributed by atoms with Crippen LogP contribution in [0.2, 0.25) is 0 Å². The van der Waals surface area contributed by atoms with Gasteiger partial charge in [-0.3, -0.25) is 0 Å². The van der Waals surface area contributed by atoms with Crippen LogP contribution in [0.4, 0.5) is 4.79 Å². The predicted molar refractivity (Wildman–Crippen MR) is 95.1 cm³/mol. The molecule has 0 radical (unpaired) electrons. The molecule has 0 aromatic rings. The highest BCUT2D eigenvalue weighted by molar-refractivity contribution is 7.90. The fraction of sp³-hybridized carbons (Fsp3) is 0.941. The lowest BCUT2D eigenvalue weighted by Crippen LogP contribution is -2.55. The minimum atomic E-state index is -1.12. The van der Waals surface area contributed by atoms with Crippen molar-refractivity contribution in [3.8, 4) is 0 Å². The van der Waals surface area contributed by atoms with Crippen molar-refractivity contribution in [2.45, 2.75) is 70.8 Å². The Morgan fingerprint density at radius 2 is 1.83 bits per heavy atom. The second-order valence-corrected chi connectivity index (χ2v) is 10.9. The number of carbonyl (C=O) groups excluding carboxylic acids is 1. The summed E-state index contributed by atoms with van der Waals surface area (Å²) in [5.74, 6) is 0. The van der Waals surface area contributed by atoms with Gasteiger partial charge in [0.2, 0.25) is 0 Å². The van der Waals surface area contributed by atoms with Crippen molar-refractivity contribution in [2.75, 3.05) is 26.3 Å². The van der Waals surface area contributed by atoms with Crippen LogP contribution in [-0.4, -0.2) is 58.2 Å². The fourth-order valence-corrected chi connectivity index (χ4v) is 4.01. The zero-order chi connectivity index (χ0) is 18.2. The zero-order valence-electron chi connectivity index (χ0n) is 15.8. The van der Waals surface area contributed by atoms with Crippen molar-refractivity contribution < 1.29 is 18.8 Å². The summed E-state index contributed by atoms with van der Waals surface area (Å²) >= 11 is -1.12. The number of nitrogens with one attached hydrogen (secondary N) is 1. The maximum atomic E-state index is 12.4. The molecule has 7 heteroatoms. The van der Waals surface area contributed by atoms with Gasteiger partial charge in [0.25, 0.3) is 0 Å². The van der Waals surface area contributed by atoms with Gasteiger partial charge in [-0.1, -0.05) is 0 Å². The molecule has 6 nitrogen and oxygen atoms in total. The Labute approximate surface area is 148 Å². The van der Waals surface area contributed by atoms with Gasteiger partial charge in [-0.2, -0.15) is 0 Å². The summed E-state index contributed by atoms with van der Waals surface area (Å²) < 4.78 is 26.6. The van der Waals surface area contributed by atoms with Crippen molar-refractivity contribution in [1.29, 1.82) is 0 Å². The molecule has 0 aromatic carbocycles. The van der Waals surface area contributed by atoms with Crippen molar-refractivity contribution in [1.82, 2.24) is 9.62 Å². The number of hydrogen-bond acceptors (Lipinski definition) is 5. The lowest BCUT2D eigenvalue weighted by Gasteiger charge is -2.42. The summed E-state index contributed by atoms with van der Waals surface area (Å²) in [6.07, 6.45) is 1.43. The average molecular weight is 361 g/mol. The monoisotopic (exact) mass is 360 g/mol. The molecule has 2 heterocycles. The molecule has 1 spiro atoms. The number of hydrogen-bond donors (Lipinski definition) is 1. The van der Waals surface area contributed by atoms with Gasteiger partial charge in [0, 0.05) is 29.9 Å². The van der Waals surface area contributed by atoms with Gasteiger partial charge in [0.05, 0.1) is 19.3 Å². The molecule has 2 saturated heterocycles. The van der Waals surface area contributed by atoms with Crippen molar-refractivity contribution >= 4 is 17.5 Å². The third kappa shape index (κ3) is 4.77. The molecule has 2 rings (SSSR count). The number of piperidine rings is 1. The summed E-state index contributed by atoms with van der Waals surface area (Å²) in [6.45, 7) is 14.1. The molecule has 2 atom stereocenters. The van der Waals surface area contributed by atoms with Crippen LogP contribution in [0.5, 0.6) is 0 Å². The summed E-state index contributed by atoms with van der Waals surface area (Å²) in [5.41, 5.74) is -0.518. The summed E-state index contributed by atoms with van der Waals surface area (Å²) in [5, 5.41) is 0. The first kappa shape index (κ1) is 19.8. The van der Waals surface area contributed by atoms with Crippen molar-refractivity contribution in [2.24, 2.45) is 5.41 Å². The van der Waals surface area contributed by atoms with E-state index in [0.717, 1.165) is 12.8 Å². The Balaban J connectivity index is 1.94. The molecule has 1 N–H and O–H groups in total. The van der Waals surface area contributed by atoms with E-state index in [1.807, 2.05) is 41.5 Å². The third-order valence-corrected chi connectivity index (χ3v) is 6.24. The van der Waals surface area contributed by atoms with Crippen LogP contribution in [-0.2, 0) is 20.8 Å². The maximum absolute atomic E-state index is 12.4. The van der Waals surface area contributed by atoms with E-state index in [1.165, 1.54) is 0 Å². The SMILES string of the molecule is CC(C)(C)OC(=O)N1CCC2(CC1)COC[C@H]2N[S@+]([O-])C(C)(C)C. The lowest BCUT2D eigenvalue weighted by atomic mass is 9.75. The van der Waals surface area contributed by atoms with E-state index in [1.54, 1.807) is 4.90 Å². The first-order valence-electron chi connectivity index (χ1n) is 8.67. The molecule has 24 heavy (non-hydrogen) atoms. The molecule has 0 bridgehead atoms. The molecule has 0 unspecified atom stereocenters. The molecule has 0 saturated carbocycles. The Morgan fingerprint density at radius 3 is 2.33 bits per heavy atom. The van der Waals surface area contributed by atoms with Gasteiger partial charge in [0.15, 0.2) is 0 Å². The van der Waals surface area contributed by atoms with Crippen LogP contribution in [0, 0.1) is 5.41 Å². The van der Waals surface area contributed by atoms with Crippen LogP contribution in [0.15, 0.2) is 0 Å². The predicted octanol–water partition coefficient (Wildman–Crippen LogP) is 2.45. The van der Waals surface area contributed by atoms with E-state index < -0.39 is 17.0 Å². The molecule has 2 fully saturated rings.